The van der Waals surface area contributed by atoms with E-state index in [9.17, 15) is 9.90 Å². The molecule has 1 amide bonds. The highest BCUT2D eigenvalue weighted by atomic mass is 16.3. The number of carbonyl (C=O) groups excluding carboxylic acids is 1. The van der Waals surface area contributed by atoms with Crippen molar-refractivity contribution >= 4 is 11.6 Å². The first-order valence-corrected chi connectivity index (χ1v) is 7.08. The minimum absolute atomic E-state index is 0.0132. The van der Waals surface area contributed by atoms with Crippen LogP contribution in [0.3, 0.4) is 0 Å². The fourth-order valence-corrected chi connectivity index (χ4v) is 2.38. The van der Waals surface area contributed by atoms with Gasteiger partial charge in [-0.3, -0.25) is 4.79 Å². The molecule has 0 atom stereocenters. The number of carbonyl (C=O) groups is 1. The molecule has 0 aromatic heterocycles. The van der Waals surface area contributed by atoms with Crippen molar-refractivity contribution in [1.29, 1.82) is 0 Å². The van der Waals surface area contributed by atoms with Gasteiger partial charge in [-0.2, -0.15) is 0 Å². The number of rotatable bonds is 4. The Hall–Kier alpha value is -2.49. The maximum atomic E-state index is 12.7. The van der Waals surface area contributed by atoms with Gasteiger partial charge in [-0.15, -0.1) is 0 Å². The standard InChI is InChI=1S/C17H18N2O2/c18-16-4-2-1-3-13(16)11-19(14-7-8-14)17(21)12-5-9-15(20)10-6-12/h1-6,9-10,14,20H,7-8,11,18H2. The number of nitrogens with zero attached hydrogens (tertiary/aromatic N) is 1. The van der Waals surface area contributed by atoms with Crippen LogP contribution in [0.15, 0.2) is 48.5 Å². The summed E-state index contributed by atoms with van der Waals surface area (Å²) in [7, 11) is 0. The van der Waals surface area contributed by atoms with Crippen LogP contribution in [0.5, 0.6) is 5.75 Å². The summed E-state index contributed by atoms with van der Waals surface area (Å²) >= 11 is 0. The highest BCUT2D eigenvalue weighted by Gasteiger charge is 2.33. The number of aromatic hydroxyl groups is 1. The van der Waals surface area contributed by atoms with E-state index in [1.54, 1.807) is 12.1 Å². The highest BCUT2D eigenvalue weighted by Crippen LogP contribution is 2.31. The Labute approximate surface area is 123 Å². The molecule has 3 rings (SSSR count). The average Bonchev–Trinajstić information content (AvgIpc) is 3.31. The molecule has 21 heavy (non-hydrogen) atoms. The van der Waals surface area contributed by atoms with Gasteiger partial charge < -0.3 is 15.7 Å². The molecule has 1 aliphatic rings. The maximum absolute atomic E-state index is 12.7. The van der Waals surface area contributed by atoms with Gasteiger partial charge in [0.05, 0.1) is 0 Å². The zero-order chi connectivity index (χ0) is 14.8. The van der Waals surface area contributed by atoms with Crippen molar-refractivity contribution in [3.8, 4) is 5.75 Å². The Morgan fingerprint density at radius 3 is 2.43 bits per heavy atom. The lowest BCUT2D eigenvalue weighted by atomic mass is 10.1. The fraction of sp³-hybridized carbons (Fsp3) is 0.235. The van der Waals surface area contributed by atoms with Gasteiger partial charge in [0.15, 0.2) is 0 Å². The van der Waals surface area contributed by atoms with Crippen molar-refractivity contribution in [2.45, 2.75) is 25.4 Å². The molecule has 2 aromatic carbocycles. The summed E-state index contributed by atoms with van der Waals surface area (Å²) in [6, 6.07) is 14.3. The number of amides is 1. The van der Waals surface area contributed by atoms with Crippen LogP contribution < -0.4 is 5.73 Å². The molecule has 1 aliphatic carbocycles. The van der Waals surface area contributed by atoms with E-state index in [0.29, 0.717) is 23.8 Å². The number of hydrogen-bond donors (Lipinski definition) is 2. The molecule has 0 radical (unpaired) electrons. The van der Waals surface area contributed by atoms with Gasteiger partial charge in [0.1, 0.15) is 5.75 Å². The molecule has 108 valence electrons. The Morgan fingerprint density at radius 2 is 1.81 bits per heavy atom. The van der Waals surface area contributed by atoms with Crippen molar-refractivity contribution < 1.29 is 9.90 Å². The smallest absolute Gasteiger partial charge is 0.254 e. The second-order valence-electron chi connectivity index (χ2n) is 5.41. The van der Waals surface area contributed by atoms with Crippen LogP contribution in [0, 0.1) is 0 Å². The van der Waals surface area contributed by atoms with Crippen molar-refractivity contribution in [2.24, 2.45) is 0 Å². The Balaban J connectivity index is 1.83. The fourth-order valence-electron chi connectivity index (χ4n) is 2.38. The van der Waals surface area contributed by atoms with E-state index < -0.39 is 0 Å². The molecule has 0 spiro atoms. The number of anilines is 1. The zero-order valence-corrected chi connectivity index (χ0v) is 11.7. The van der Waals surface area contributed by atoms with Crippen LogP contribution in [0.25, 0.3) is 0 Å². The molecular formula is C17H18N2O2. The molecule has 0 bridgehead atoms. The maximum Gasteiger partial charge on any atom is 0.254 e. The van der Waals surface area contributed by atoms with Crippen LogP contribution in [0.4, 0.5) is 5.69 Å². The van der Waals surface area contributed by atoms with Crippen LogP contribution in [0.1, 0.15) is 28.8 Å². The summed E-state index contributed by atoms with van der Waals surface area (Å²) in [5.41, 5.74) is 8.25. The van der Waals surface area contributed by atoms with Crippen LogP contribution >= 0.6 is 0 Å². The van der Waals surface area contributed by atoms with Gasteiger partial charge in [0.2, 0.25) is 0 Å². The quantitative estimate of drug-likeness (QED) is 0.847. The average molecular weight is 282 g/mol. The zero-order valence-electron chi connectivity index (χ0n) is 11.7. The lowest BCUT2D eigenvalue weighted by Crippen LogP contribution is -2.32. The third kappa shape index (κ3) is 2.99. The first-order valence-electron chi connectivity index (χ1n) is 7.08. The van der Waals surface area contributed by atoms with E-state index in [-0.39, 0.29) is 11.7 Å². The second-order valence-corrected chi connectivity index (χ2v) is 5.41. The molecule has 0 heterocycles. The third-order valence-electron chi connectivity index (χ3n) is 3.76. The predicted molar refractivity (Wildman–Crippen MR) is 81.9 cm³/mol. The summed E-state index contributed by atoms with van der Waals surface area (Å²) in [6.07, 6.45) is 2.08. The van der Waals surface area contributed by atoms with Gasteiger partial charge in [-0.25, -0.2) is 0 Å². The van der Waals surface area contributed by atoms with Crippen molar-refractivity contribution in [3.63, 3.8) is 0 Å². The molecular weight excluding hydrogens is 264 g/mol. The van der Waals surface area contributed by atoms with Crippen LogP contribution in [-0.2, 0) is 6.54 Å². The van der Waals surface area contributed by atoms with Gasteiger partial charge >= 0.3 is 0 Å². The first-order chi connectivity index (χ1) is 10.1. The lowest BCUT2D eigenvalue weighted by molar-refractivity contribution is 0.0730. The summed E-state index contributed by atoms with van der Waals surface area (Å²) in [6.45, 7) is 0.525. The molecule has 4 nitrogen and oxygen atoms in total. The minimum Gasteiger partial charge on any atom is -0.508 e. The summed E-state index contributed by atoms with van der Waals surface area (Å²) < 4.78 is 0. The normalized spacial score (nSPS) is 13.9. The second kappa shape index (κ2) is 5.48. The number of phenols is 1. The van der Waals surface area contributed by atoms with Crippen molar-refractivity contribution in [2.75, 3.05) is 5.73 Å². The molecule has 0 aliphatic heterocycles. The van der Waals surface area contributed by atoms with Crippen molar-refractivity contribution in [3.05, 3.63) is 59.7 Å². The van der Waals surface area contributed by atoms with Crippen LogP contribution in [0.2, 0.25) is 0 Å². The molecule has 0 unspecified atom stereocenters. The minimum atomic E-state index is -0.0132. The Bertz CT molecular complexity index is 648. The number of nitrogens with two attached hydrogens (primary N) is 1. The molecule has 0 saturated heterocycles. The van der Waals surface area contributed by atoms with E-state index in [0.717, 1.165) is 18.4 Å². The number of benzene rings is 2. The van der Waals surface area contributed by atoms with Gasteiger partial charge in [-0.1, -0.05) is 18.2 Å². The molecule has 2 aromatic rings. The summed E-state index contributed by atoms with van der Waals surface area (Å²) in [5, 5.41) is 9.33. The highest BCUT2D eigenvalue weighted by molar-refractivity contribution is 5.94. The van der Waals surface area contributed by atoms with E-state index in [4.69, 9.17) is 5.73 Å². The lowest BCUT2D eigenvalue weighted by Gasteiger charge is -2.23. The van der Waals surface area contributed by atoms with Gasteiger partial charge in [-0.05, 0) is 48.7 Å². The summed E-state index contributed by atoms with van der Waals surface area (Å²) in [4.78, 5) is 14.5. The molecule has 1 saturated carbocycles. The SMILES string of the molecule is Nc1ccccc1CN(C(=O)c1ccc(O)cc1)C1CC1. The topological polar surface area (TPSA) is 66.6 Å². The first kappa shape index (κ1) is 13.5. The number of nitrogen functional groups attached to an aromatic ring is 1. The molecule has 4 heteroatoms. The largest absolute Gasteiger partial charge is 0.508 e. The third-order valence-corrected chi connectivity index (χ3v) is 3.76. The monoisotopic (exact) mass is 282 g/mol. The van der Waals surface area contributed by atoms with E-state index >= 15 is 0 Å². The van der Waals surface area contributed by atoms with E-state index in [1.165, 1.54) is 12.1 Å². The van der Waals surface area contributed by atoms with Crippen LogP contribution in [-0.4, -0.2) is 22.0 Å². The molecule has 3 N–H and O–H groups in total. The number of hydrogen-bond acceptors (Lipinski definition) is 3. The predicted octanol–water partition coefficient (Wildman–Crippen LogP) is 2.78. The van der Waals surface area contributed by atoms with E-state index in [1.807, 2.05) is 29.2 Å². The van der Waals surface area contributed by atoms with E-state index in [2.05, 4.69) is 0 Å². The molecule has 1 fully saturated rings. The van der Waals surface area contributed by atoms with Gasteiger partial charge in [0, 0.05) is 23.8 Å². The summed E-state index contributed by atoms with van der Waals surface area (Å²) in [5.74, 6) is 0.151. The van der Waals surface area contributed by atoms with Crippen molar-refractivity contribution in [1.82, 2.24) is 4.90 Å². The van der Waals surface area contributed by atoms with Gasteiger partial charge in [0.25, 0.3) is 5.91 Å². The Kier molecular flexibility index (Phi) is 3.52. The number of phenolic OH excluding ortho intramolecular Hbond substituents is 1. The Morgan fingerprint density at radius 1 is 1.14 bits per heavy atom. The number of para-hydroxylation sites is 1.